The SMILES string of the molecule is CN(Cc1nnc(NN)s1)CC1CCCO1. The van der Waals surface area contributed by atoms with Gasteiger partial charge in [0.2, 0.25) is 5.13 Å². The third-order valence-electron chi connectivity index (χ3n) is 2.53. The summed E-state index contributed by atoms with van der Waals surface area (Å²) in [5, 5.41) is 9.56. The van der Waals surface area contributed by atoms with E-state index >= 15 is 0 Å². The van der Waals surface area contributed by atoms with E-state index in [9.17, 15) is 0 Å². The highest BCUT2D eigenvalue weighted by atomic mass is 32.1. The Kier molecular flexibility index (Phi) is 4.05. The molecule has 0 saturated carbocycles. The second kappa shape index (κ2) is 5.53. The number of hydrogen-bond donors (Lipinski definition) is 2. The number of aromatic nitrogens is 2. The summed E-state index contributed by atoms with van der Waals surface area (Å²) in [6.07, 6.45) is 2.72. The van der Waals surface area contributed by atoms with E-state index in [0.717, 1.165) is 31.1 Å². The van der Waals surface area contributed by atoms with E-state index < -0.39 is 0 Å². The molecule has 1 aliphatic rings. The van der Waals surface area contributed by atoms with Crippen LogP contribution in [0, 0.1) is 0 Å². The molecule has 2 rings (SSSR count). The average Bonchev–Trinajstić information content (AvgIpc) is 2.89. The molecule has 0 amide bonds. The number of likely N-dealkylation sites (N-methyl/N-ethyl adjacent to an activating group) is 1. The minimum absolute atomic E-state index is 0.380. The molecule has 1 aliphatic heterocycles. The fourth-order valence-corrected chi connectivity index (χ4v) is 2.54. The van der Waals surface area contributed by atoms with Crippen LogP contribution in [0.25, 0.3) is 0 Å². The molecule has 0 radical (unpaired) electrons. The van der Waals surface area contributed by atoms with E-state index in [0.29, 0.717) is 11.2 Å². The Morgan fingerprint density at radius 1 is 1.62 bits per heavy atom. The van der Waals surface area contributed by atoms with Crippen LogP contribution in [0.4, 0.5) is 5.13 Å². The fourth-order valence-electron chi connectivity index (χ4n) is 1.81. The number of hydrazine groups is 1. The standard InChI is InChI=1S/C9H17N5OS/c1-14(5-7-3-2-4-15-7)6-8-12-13-9(11-10)16-8/h7H,2-6,10H2,1H3,(H,11,13). The van der Waals surface area contributed by atoms with Gasteiger partial charge >= 0.3 is 0 Å². The summed E-state index contributed by atoms with van der Waals surface area (Å²) in [7, 11) is 2.07. The Labute approximate surface area is 98.8 Å². The molecular weight excluding hydrogens is 226 g/mol. The van der Waals surface area contributed by atoms with Crippen molar-refractivity contribution >= 4 is 16.5 Å². The van der Waals surface area contributed by atoms with Gasteiger partial charge < -0.3 is 4.74 Å². The first-order valence-electron chi connectivity index (χ1n) is 5.37. The second-order valence-corrected chi connectivity index (χ2v) is 5.04. The molecule has 2 heterocycles. The van der Waals surface area contributed by atoms with Gasteiger partial charge in [-0.05, 0) is 19.9 Å². The van der Waals surface area contributed by atoms with Crippen LogP contribution < -0.4 is 11.3 Å². The normalized spacial score (nSPS) is 20.6. The molecule has 1 unspecified atom stereocenters. The summed E-state index contributed by atoms with van der Waals surface area (Å²) in [6, 6.07) is 0. The topological polar surface area (TPSA) is 76.3 Å². The van der Waals surface area contributed by atoms with E-state index in [2.05, 4.69) is 27.6 Å². The molecule has 6 nitrogen and oxygen atoms in total. The van der Waals surface area contributed by atoms with E-state index in [4.69, 9.17) is 10.6 Å². The van der Waals surface area contributed by atoms with Crippen molar-refractivity contribution in [3.05, 3.63) is 5.01 Å². The van der Waals surface area contributed by atoms with Crippen molar-refractivity contribution in [2.75, 3.05) is 25.6 Å². The zero-order valence-electron chi connectivity index (χ0n) is 9.35. The molecular formula is C9H17N5OS. The number of nitrogens with zero attached hydrogens (tertiary/aromatic N) is 3. The van der Waals surface area contributed by atoms with Gasteiger partial charge in [-0.25, -0.2) is 5.84 Å². The van der Waals surface area contributed by atoms with Crippen LogP contribution in [0.3, 0.4) is 0 Å². The van der Waals surface area contributed by atoms with Crippen molar-refractivity contribution < 1.29 is 4.74 Å². The first-order chi connectivity index (χ1) is 7.78. The van der Waals surface area contributed by atoms with Crippen LogP contribution in [0.1, 0.15) is 17.8 Å². The Morgan fingerprint density at radius 2 is 2.50 bits per heavy atom. The smallest absolute Gasteiger partial charge is 0.219 e. The quantitative estimate of drug-likeness (QED) is 0.577. The Morgan fingerprint density at radius 3 is 3.12 bits per heavy atom. The van der Waals surface area contributed by atoms with Crippen LogP contribution in [-0.4, -0.2) is 41.4 Å². The monoisotopic (exact) mass is 243 g/mol. The zero-order valence-corrected chi connectivity index (χ0v) is 10.2. The lowest BCUT2D eigenvalue weighted by molar-refractivity contribution is 0.0792. The summed E-state index contributed by atoms with van der Waals surface area (Å²) >= 11 is 1.48. The lowest BCUT2D eigenvalue weighted by Crippen LogP contribution is -2.28. The van der Waals surface area contributed by atoms with Gasteiger partial charge in [0, 0.05) is 13.2 Å². The number of rotatable bonds is 5. The number of hydrogen-bond acceptors (Lipinski definition) is 7. The minimum atomic E-state index is 0.380. The molecule has 0 aromatic carbocycles. The molecule has 0 aliphatic carbocycles. The molecule has 90 valence electrons. The number of ether oxygens (including phenoxy) is 1. The summed E-state index contributed by atoms with van der Waals surface area (Å²) in [5.41, 5.74) is 2.50. The summed E-state index contributed by atoms with van der Waals surface area (Å²) in [4.78, 5) is 2.21. The van der Waals surface area contributed by atoms with E-state index in [1.807, 2.05) is 0 Å². The van der Waals surface area contributed by atoms with Gasteiger partial charge in [-0.1, -0.05) is 11.3 Å². The van der Waals surface area contributed by atoms with Gasteiger partial charge in [0.25, 0.3) is 0 Å². The fraction of sp³-hybridized carbons (Fsp3) is 0.778. The van der Waals surface area contributed by atoms with Crippen LogP contribution in [0.15, 0.2) is 0 Å². The first kappa shape index (κ1) is 11.7. The highest BCUT2D eigenvalue weighted by Crippen LogP contribution is 2.17. The molecule has 0 bridgehead atoms. The maximum Gasteiger partial charge on any atom is 0.219 e. The largest absolute Gasteiger partial charge is 0.377 e. The van der Waals surface area contributed by atoms with Gasteiger partial charge in [0.15, 0.2) is 0 Å². The predicted octanol–water partition coefficient (Wildman–Crippen LogP) is 0.434. The average molecular weight is 243 g/mol. The van der Waals surface area contributed by atoms with Crippen molar-refractivity contribution in [1.29, 1.82) is 0 Å². The number of nitrogens with one attached hydrogen (secondary N) is 1. The molecule has 1 aromatic heterocycles. The summed E-state index contributed by atoms with van der Waals surface area (Å²) < 4.78 is 5.58. The summed E-state index contributed by atoms with van der Waals surface area (Å²) in [5.74, 6) is 5.25. The highest BCUT2D eigenvalue weighted by molar-refractivity contribution is 7.15. The Hall–Kier alpha value is -0.760. The van der Waals surface area contributed by atoms with E-state index in [1.54, 1.807) is 0 Å². The zero-order chi connectivity index (χ0) is 11.4. The lowest BCUT2D eigenvalue weighted by atomic mass is 10.2. The van der Waals surface area contributed by atoms with Crippen molar-refractivity contribution in [3.8, 4) is 0 Å². The molecule has 1 saturated heterocycles. The van der Waals surface area contributed by atoms with E-state index in [-0.39, 0.29) is 0 Å². The minimum Gasteiger partial charge on any atom is -0.377 e. The molecule has 1 aromatic rings. The Bertz CT molecular complexity index is 325. The van der Waals surface area contributed by atoms with Gasteiger partial charge in [0.1, 0.15) is 5.01 Å². The second-order valence-electron chi connectivity index (χ2n) is 3.98. The van der Waals surface area contributed by atoms with Gasteiger partial charge in [0.05, 0.1) is 12.6 Å². The van der Waals surface area contributed by atoms with E-state index in [1.165, 1.54) is 17.8 Å². The highest BCUT2D eigenvalue weighted by Gasteiger charge is 2.18. The van der Waals surface area contributed by atoms with Crippen LogP contribution in [-0.2, 0) is 11.3 Å². The maximum atomic E-state index is 5.58. The van der Waals surface area contributed by atoms with Crippen molar-refractivity contribution in [2.45, 2.75) is 25.5 Å². The Balaban J connectivity index is 1.79. The predicted molar refractivity (Wildman–Crippen MR) is 63.0 cm³/mol. The molecule has 16 heavy (non-hydrogen) atoms. The maximum absolute atomic E-state index is 5.58. The van der Waals surface area contributed by atoms with Gasteiger partial charge in [-0.2, -0.15) is 0 Å². The van der Waals surface area contributed by atoms with Crippen LogP contribution in [0.2, 0.25) is 0 Å². The molecule has 1 fully saturated rings. The van der Waals surface area contributed by atoms with Crippen LogP contribution in [0.5, 0.6) is 0 Å². The number of nitrogens with two attached hydrogens (primary N) is 1. The molecule has 7 heteroatoms. The van der Waals surface area contributed by atoms with Gasteiger partial charge in [-0.3, -0.25) is 10.3 Å². The van der Waals surface area contributed by atoms with Crippen molar-refractivity contribution in [1.82, 2.24) is 15.1 Å². The lowest BCUT2D eigenvalue weighted by Gasteiger charge is -2.18. The number of anilines is 1. The van der Waals surface area contributed by atoms with Crippen molar-refractivity contribution in [2.24, 2.45) is 5.84 Å². The third-order valence-corrected chi connectivity index (χ3v) is 3.37. The van der Waals surface area contributed by atoms with Gasteiger partial charge in [-0.15, -0.1) is 10.2 Å². The first-order valence-corrected chi connectivity index (χ1v) is 6.18. The molecule has 0 spiro atoms. The van der Waals surface area contributed by atoms with Crippen LogP contribution >= 0.6 is 11.3 Å². The molecule has 3 N–H and O–H groups in total. The summed E-state index contributed by atoms with van der Waals surface area (Å²) in [6.45, 7) is 2.64. The van der Waals surface area contributed by atoms with Crippen molar-refractivity contribution in [3.63, 3.8) is 0 Å². The molecule has 1 atom stereocenters. The third kappa shape index (κ3) is 3.11. The number of nitrogen functional groups attached to an aromatic ring is 1.